The predicted octanol–water partition coefficient (Wildman–Crippen LogP) is 6.73. The summed E-state index contributed by atoms with van der Waals surface area (Å²) in [5.41, 5.74) is -0.119. The van der Waals surface area contributed by atoms with E-state index >= 15 is 0 Å². The van der Waals surface area contributed by atoms with Gasteiger partial charge in [0.1, 0.15) is 0 Å². The van der Waals surface area contributed by atoms with Crippen LogP contribution in [-0.4, -0.2) is 9.97 Å². The van der Waals surface area contributed by atoms with Crippen molar-refractivity contribution in [2.24, 2.45) is 0 Å². The average molecular weight is 394 g/mol. The number of pyridine rings is 1. The molecule has 0 aliphatic rings. The van der Waals surface area contributed by atoms with Crippen LogP contribution in [0.15, 0.2) is 48.7 Å². The van der Waals surface area contributed by atoms with E-state index in [-0.39, 0.29) is 16.3 Å². The number of hydrogen-bond donors (Lipinski definition) is 1. The van der Waals surface area contributed by atoms with Crippen LogP contribution in [0.2, 0.25) is 0 Å². The first-order valence-electron chi connectivity index (χ1n) is 8.22. The molecule has 0 unspecified atom stereocenters. The topological polar surface area (TPSA) is 28.7 Å². The molecule has 1 N–H and O–H groups in total. The molecule has 2 nitrogen and oxygen atoms in total. The number of fused-ring (bicyclic) bond motifs is 2. The minimum absolute atomic E-state index is 0.221. The summed E-state index contributed by atoms with van der Waals surface area (Å²) in [6, 6.07) is 8.49. The Balaban J connectivity index is 2.06. The van der Waals surface area contributed by atoms with Crippen LogP contribution >= 0.6 is 0 Å². The summed E-state index contributed by atoms with van der Waals surface area (Å²) in [4.78, 5) is 6.88. The lowest BCUT2D eigenvalue weighted by molar-refractivity contribution is -0.137. The van der Waals surface area contributed by atoms with Gasteiger partial charge in [0.25, 0.3) is 0 Å². The third-order valence-corrected chi connectivity index (χ3v) is 4.66. The van der Waals surface area contributed by atoms with Gasteiger partial charge >= 0.3 is 12.4 Å². The molecule has 0 saturated heterocycles. The van der Waals surface area contributed by atoms with Crippen LogP contribution in [0, 0.1) is 6.92 Å². The van der Waals surface area contributed by atoms with E-state index in [2.05, 4.69) is 9.97 Å². The molecular weight excluding hydrogens is 382 g/mol. The summed E-state index contributed by atoms with van der Waals surface area (Å²) in [6.45, 7) is 1.67. The Labute approximate surface area is 154 Å². The smallest absolute Gasteiger partial charge is 0.358 e. The van der Waals surface area contributed by atoms with Crippen molar-refractivity contribution in [2.75, 3.05) is 0 Å². The van der Waals surface area contributed by atoms with Crippen LogP contribution < -0.4 is 0 Å². The largest absolute Gasteiger partial charge is 0.418 e. The molecule has 2 aromatic heterocycles. The molecule has 2 aromatic carbocycles. The number of nitrogens with one attached hydrogen (secondary N) is 1. The van der Waals surface area contributed by atoms with Crippen molar-refractivity contribution >= 4 is 21.8 Å². The number of para-hydroxylation sites is 1. The quantitative estimate of drug-likeness (QED) is 0.356. The van der Waals surface area contributed by atoms with E-state index in [4.69, 9.17) is 0 Å². The van der Waals surface area contributed by atoms with Crippen LogP contribution in [0.1, 0.15) is 16.8 Å². The number of hydrogen-bond acceptors (Lipinski definition) is 1. The standard InChI is InChI=1S/C20H12F6N2/c1-10-17(14-9-11(19(21,22)23)5-6-16(14)28-10)12-7-8-27-18-13(12)3-2-4-15(18)20(24,25)26/h2-9,28H,1H3. The average Bonchev–Trinajstić information content (AvgIpc) is 2.94. The van der Waals surface area contributed by atoms with Gasteiger partial charge in [-0.05, 0) is 42.8 Å². The SMILES string of the molecule is Cc1[nH]c2ccc(C(F)(F)F)cc2c1-c1ccnc2c(C(F)(F)F)cccc12. The number of aryl methyl sites for hydroxylation is 1. The Bertz CT molecular complexity index is 1200. The van der Waals surface area contributed by atoms with Gasteiger partial charge in [-0.2, -0.15) is 26.3 Å². The van der Waals surface area contributed by atoms with Crippen molar-refractivity contribution in [3.8, 4) is 11.1 Å². The molecule has 0 saturated carbocycles. The Morgan fingerprint density at radius 3 is 2.29 bits per heavy atom. The van der Waals surface area contributed by atoms with Crippen molar-refractivity contribution in [1.29, 1.82) is 0 Å². The highest BCUT2D eigenvalue weighted by molar-refractivity contribution is 6.06. The predicted molar refractivity (Wildman–Crippen MR) is 93.8 cm³/mol. The Morgan fingerprint density at radius 2 is 1.61 bits per heavy atom. The normalized spacial score (nSPS) is 12.8. The first-order valence-corrected chi connectivity index (χ1v) is 8.22. The van der Waals surface area contributed by atoms with Gasteiger partial charge in [0.2, 0.25) is 0 Å². The summed E-state index contributed by atoms with van der Waals surface area (Å²) < 4.78 is 79.5. The van der Waals surface area contributed by atoms with Crippen LogP contribution in [-0.2, 0) is 12.4 Å². The van der Waals surface area contributed by atoms with Gasteiger partial charge in [0, 0.05) is 33.7 Å². The van der Waals surface area contributed by atoms with Gasteiger partial charge in [0.05, 0.1) is 16.6 Å². The number of alkyl halides is 6. The van der Waals surface area contributed by atoms with Crippen molar-refractivity contribution in [1.82, 2.24) is 9.97 Å². The third kappa shape index (κ3) is 2.89. The molecule has 0 aliphatic heterocycles. The van der Waals surface area contributed by atoms with E-state index in [1.54, 1.807) is 6.92 Å². The fourth-order valence-corrected chi connectivity index (χ4v) is 3.47. The van der Waals surface area contributed by atoms with E-state index in [0.29, 0.717) is 22.3 Å². The summed E-state index contributed by atoms with van der Waals surface area (Å²) in [7, 11) is 0. The number of halogens is 6. The zero-order valence-corrected chi connectivity index (χ0v) is 14.3. The molecule has 0 spiro atoms. The van der Waals surface area contributed by atoms with Crippen molar-refractivity contribution in [2.45, 2.75) is 19.3 Å². The van der Waals surface area contributed by atoms with Crippen LogP contribution in [0.25, 0.3) is 32.9 Å². The highest BCUT2D eigenvalue weighted by Gasteiger charge is 2.34. The van der Waals surface area contributed by atoms with Crippen molar-refractivity contribution in [3.05, 3.63) is 65.5 Å². The minimum atomic E-state index is -4.59. The van der Waals surface area contributed by atoms with Crippen LogP contribution in [0.5, 0.6) is 0 Å². The Kier molecular flexibility index (Phi) is 3.92. The molecule has 0 radical (unpaired) electrons. The molecule has 0 fully saturated rings. The molecule has 4 rings (SSSR count). The molecule has 2 heterocycles. The molecule has 0 bridgehead atoms. The minimum Gasteiger partial charge on any atom is -0.358 e. The summed E-state index contributed by atoms with van der Waals surface area (Å²) >= 11 is 0. The van der Waals surface area contributed by atoms with E-state index < -0.39 is 23.5 Å². The Morgan fingerprint density at radius 1 is 0.857 bits per heavy atom. The molecular formula is C20H12F6N2. The van der Waals surface area contributed by atoms with Crippen molar-refractivity contribution in [3.63, 3.8) is 0 Å². The van der Waals surface area contributed by atoms with Gasteiger partial charge in [-0.1, -0.05) is 12.1 Å². The number of rotatable bonds is 1. The lowest BCUT2D eigenvalue weighted by atomic mass is 9.96. The van der Waals surface area contributed by atoms with E-state index in [0.717, 1.165) is 18.2 Å². The molecule has 4 aromatic rings. The zero-order valence-electron chi connectivity index (χ0n) is 14.3. The first-order chi connectivity index (χ1) is 13.1. The van der Waals surface area contributed by atoms with E-state index in [1.807, 2.05) is 0 Å². The van der Waals surface area contributed by atoms with Crippen LogP contribution in [0.4, 0.5) is 26.3 Å². The fourth-order valence-electron chi connectivity index (χ4n) is 3.47. The number of nitrogens with zero attached hydrogens (tertiary/aromatic N) is 1. The van der Waals surface area contributed by atoms with Crippen molar-refractivity contribution < 1.29 is 26.3 Å². The first kappa shape index (κ1) is 18.3. The molecule has 28 heavy (non-hydrogen) atoms. The second kappa shape index (κ2) is 5.98. The summed E-state index contributed by atoms with van der Waals surface area (Å²) in [6.07, 6.45) is -7.89. The van der Waals surface area contributed by atoms with E-state index in [9.17, 15) is 26.3 Å². The number of aromatic nitrogens is 2. The second-order valence-corrected chi connectivity index (χ2v) is 6.44. The fraction of sp³-hybridized carbons (Fsp3) is 0.150. The number of aromatic amines is 1. The second-order valence-electron chi connectivity index (χ2n) is 6.44. The molecule has 144 valence electrons. The molecule has 0 amide bonds. The zero-order chi connectivity index (χ0) is 20.3. The highest BCUT2D eigenvalue weighted by atomic mass is 19.4. The maximum Gasteiger partial charge on any atom is 0.418 e. The Hall–Kier alpha value is -3.03. The lowest BCUT2D eigenvalue weighted by Crippen LogP contribution is -2.06. The van der Waals surface area contributed by atoms with Gasteiger partial charge in [-0.25, -0.2) is 0 Å². The molecule has 0 atom stereocenters. The number of benzene rings is 2. The molecule has 8 heteroatoms. The summed E-state index contributed by atoms with van der Waals surface area (Å²) in [5.74, 6) is 0. The third-order valence-electron chi connectivity index (χ3n) is 4.66. The maximum absolute atomic E-state index is 13.3. The summed E-state index contributed by atoms with van der Waals surface area (Å²) in [5, 5.41) is 0.510. The van der Waals surface area contributed by atoms with Gasteiger partial charge in [0.15, 0.2) is 0 Å². The number of H-pyrrole nitrogens is 1. The lowest BCUT2D eigenvalue weighted by Gasteiger charge is -2.13. The monoisotopic (exact) mass is 394 g/mol. The van der Waals surface area contributed by atoms with Gasteiger partial charge < -0.3 is 4.98 Å². The highest BCUT2D eigenvalue weighted by Crippen LogP contribution is 2.41. The van der Waals surface area contributed by atoms with Gasteiger partial charge in [-0.3, -0.25) is 4.98 Å². The van der Waals surface area contributed by atoms with E-state index in [1.165, 1.54) is 30.5 Å². The van der Waals surface area contributed by atoms with Gasteiger partial charge in [-0.15, -0.1) is 0 Å². The maximum atomic E-state index is 13.3. The van der Waals surface area contributed by atoms with Crippen LogP contribution in [0.3, 0.4) is 0 Å². The molecule has 0 aliphatic carbocycles.